The molecule has 118 valence electrons. The van der Waals surface area contributed by atoms with Crippen molar-refractivity contribution in [2.45, 2.75) is 6.42 Å². The molecule has 2 aromatic rings. The third-order valence-electron chi connectivity index (χ3n) is 3.91. The predicted molar refractivity (Wildman–Crippen MR) is 93.4 cm³/mol. The Morgan fingerprint density at radius 2 is 1.96 bits per heavy atom. The first-order chi connectivity index (χ1) is 11.1. The summed E-state index contributed by atoms with van der Waals surface area (Å²) in [5.41, 5.74) is 1.53. The molecule has 0 saturated carbocycles. The maximum atomic E-state index is 12.2. The van der Waals surface area contributed by atoms with Gasteiger partial charge in [-0.15, -0.1) is 0 Å². The van der Waals surface area contributed by atoms with E-state index >= 15 is 0 Å². The molecular weight excluding hydrogens is 356 g/mol. The quantitative estimate of drug-likeness (QED) is 0.895. The normalized spacial score (nSPS) is 17.3. The van der Waals surface area contributed by atoms with E-state index in [1.54, 1.807) is 17.0 Å². The zero-order valence-electron chi connectivity index (χ0n) is 12.5. The molecule has 2 aromatic carbocycles. The van der Waals surface area contributed by atoms with Crippen LogP contribution in [0.25, 0.3) is 0 Å². The Hall–Kier alpha value is -2.14. The highest BCUT2D eigenvalue weighted by molar-refractivity contribution is 9.10. The summed E-state index contributed by atoms with van der Waals surface area (Å²) in [6.07, 6.45) is 0.466. The van der Waals surface area contributed by atoms with Crippen LogP contribution in [0.4, 0.5) is 5.69 Å². The second kappa shape index (κ2) is 6.96. The molecule has 3 rings (SSSR count). The molecule has 1 aliphatic rings. The largest absolute Gasteiger partial charge is 0.352 e. The minimum Gasteiger partial charge on any atom is -0.352 e. The molecule has 1 heterocycles. The van der Waals surface area contributed by atoms with Crippen LogP contribution < -0.4 is 10.2 Å². The lowest BCUT2D eigenvalue weighted by atomic mass is 10.1. The third kappa shape index (κ3) is 3.79. The monoisotopic (exact) mass is 372 g/mol. The number of carbonyl (C=O) groups excluding carboxylic acids is 2. The molecule has 0 aromatic heterocycles. The number of nitrogens with one attached hydrogen (secondary N) is 1. The first-order valence-corrected chi connectivity index (χ1v) is 8.32. The van der Waals surface area contributed by atoms with Gasteiger partial charge in [-0.2, -0.15) is 0 Å². The van der Waals surface area contributed by atoms with Crippen molar-refractivity contribution in [2.24, 2.45) is 5.92 Å². The fourth-order valence-electron chi connectivity index (χ4n) is 2.74. The number of amides is 2. The summed E-state index contributed by atoms with van der Waals surface area (Å²) in [6, 6.07) is 16.9. The molecule has 1 N–H and O–H groups in total. The molecule has 0 radical (unpaired) electrons. The van der Waals surface area contributed by atoms with E-state index in [0.29, 0.717) is 25.1 Å². The van der Waals surface area contributed by atoms with Crippen molar-refractivity contribution in [1.82, 2.24) is 5.32 Å². The van der Waals surface area contributed by atoms with E-state index in [2.05, 4.69) is 21.2 Å². The lowest BCUT2D eigenvalue weighted by Gasteiger charge is -2.16. The molecule has 0 aliphatic carbocycles. The zero-order valence-corrected chi connectivity index (χ0v) is 14.1. The molecule has 1 unspecified atom stereocenters. The van der Waals surface area contributed by atoms with Gasteiger partial charge in [-0.1, -0.05) is 40.2 Å². The number of benzene rings is 2. The topological polar surface area (TPSA) is 49.4 Å². The van der Waals surface area contributed by atoms with E-state index < -0.39 is 0 Å². The Bertz CT molecular complexity index is 718. The minimum atomic E-state index is -0.114. The summed E-state index contributed by atoms with van der Waals surface area (Å²) in [5, 5.41) is 2.92. The van der Waals surface area contributed by atoms with Gasteiger partial charge in [0, 0.05) is 41.2 Å². The summed E-state index contributed by atoms with van der Waals surface area (Å²) < 4.78 is 0.872. The van der Waals surface area contributed by atoms with Crippen molar-refractivity contribution in [3.63, 3.8) is 0 Å². The van der Waals surface area contributed by atoms with Gasteiger partial charge in [-0.25, -0.2) is 0 Å². The van der Waals surface area contributed by atoms with Crippen LogP contribution in [0.3, 0.4) is 0 Å². The Morgan fingerprint density at radius 1 is 1.17 bits per heavy atom. The molecule has 5 heteroatoms. The van der Waals surface area contributed by atoms with Crippen LogP contribution in [-0.4, -0.2) is 24.9 Å². The van der Waals surface area contributed by atoms with Gasteiger partial charge in [0.1, 0.15) is 0 Å². The lowest BCUT2D eigenvalue weighted by Crippen LogP contribution is -2.31. The first kappa shape index (κ1) is 15.7. The number of anilines is 1. The van der Waals surface area contributed by atoms with E-state index in [4.69, 9.17) is 0 Å². The molecule has 0 bridgehead atoms. The van der Waals surface area contributed by atoms with Crippen molar-refractivity contribution in [1.29, 1.82) is 0 Å². The van der Waals surface area contributed by atoms with Crippen molar-refractivity contribution in [3.05, 3.63) is 64.6 Å². The summed E-state index contributed by atoms with van der Waals surface area (Å²) in [4.78, 5) is 26.1. The second-order valence-electron chi connectivity index (χ2n) is 5.63. The molecule has 23 heavy (non-hydrogen) atoms. The summed E-state index contributed by atoms with van der Waals surface area (Å²) in [5.74, 6) is 0.133. The van der Waals surface area contributed by atoms with E-state index in [1.165, 1.54) is 0 Å². The standard InChI is InChI=1S/C18H17BrN2O2/c19-15-6-4-5-14(10-15)18(23)20-11-13-9-17(22)21(12-13)16-7-2-1-3-8-16/h1-8,10,13H,9,11-12H2,(H,20,23). The first-order valence-electron chi connectivity index (χ1n) is 7.52. The highest BCUT2D eigenvalue weighted by Crippen LogP contribution is 2.24. The average Bonchev–Trinajstić information content (AvgIpc) is 2.94. The minimum absolute atomic E-state index is 0.109. The van der Waals surface area contributed by atoms with Crippen molar-refractivity contribution in [3.8, 4) is 0 Å². The fourth-order valence-corrected chi connectivity index (χ4v) is 3.14. The van der Waals surface area contributed by atoms with Gasteiger partial charge in [-0.3, -0.25) is 9.59 Å². The Kier molecular flexibility index (Phi) is 4.76. The molecule has 2 amide bonds. The molecule has 0 spiro atoms. The van der Waals surface area contributed by atoms with Gasteiger partial charge in [0.05, 0.1) is 0 Å². The highest BCUT2D eigenvalue weighted by atomic mass is 79.9. The molecule has 4 nitrogen and oxygen atoms in total. The van der Waals surface area contributed by atoms with Gasteiger partial charge >= 0.3 is 0 Å². The molecule has 1 saturated heterocycles. The van der Waals surface area contributed by atoms with Crippen LogP contribution in [0.15, 0.2) is 59.1 Å². The van der Waals surface area contributed by atoms with Crippen LogP contribution >= 0.6 is 15.9 Å². The van der Waals surface area contributed by atoms with Crippen molar-refractivity contribution < 1.29 is 9.59 Å². The van der Waals surface area contributed by atoms with Gasteiger partial charge in [-0.05, 0) is 30.3 Å². The maximum absolute atomic E-state index is 12.2. The van der Waals surface area contributed by atoms with E-state index in [-0.39, 0.29) is 17.7 Å². The third-order valence-corrected chi connectivity index (χ3v) is 4.40. The van der Waals surface area contributed by atoms with Crippen LogP contribution in [0, 0.1) is 5.92 Å². The number of nitrogens with zero attached hydrogens (tertiary/aromatic N) is 1. The maximum Gasteiger partial charge on any atom is 0.251 e. The molecule has 1 fully saturated rings. The number of rotatable bonds is 4. The SMILES string of the molecule is O=C(NCC1CC(=O)N(c2ccccc2)C1)c1cccc(Br)c1. The Labute approximate surface area is 143 Å². The zero-order chi connectivity index (χ0) is 16.2. The smallest absolute Gasteiger partial charge is 0.251 e. The van der Waals surface area contributed by atoms with E-state index in [1.807, 2.05) is 42.5 Å². The summed E-state index contributed by atoms with van der Waals surface area (Å²) >= 11 is 3.36. The number of carbonyl (C=O) groups is 2. The second-order valence-corrected chi connectivity index (χ2v) is 6.55. The molecular formula is C18H17BrN2O2. The van der Waals surface area contributed by atoms with Crippen molar-refractivity contribution in [2.75, 3.05) is 18.0 Å². The van der Waals surface area contributed by atoms with Gasteiger partial charge in [0.2, 0.25) is 5.91 Å². The highest BCUT2D eigenvalue weighted by Gasteiger charge is 2.30. The predicted octanol–water partition coefficient (Wildman–Crippen LogP) is 3.23. The van der Waals surface area contributed by atoms with E-state index in [0.717, 1.165) is 10.2 Å². The summed E-state index contributed by atoms with van der Waals surface area (Å²) in [6.45, 7) is 1.14. The van der Waals surface area contributed by atoms with Crippen LogP contribution in [0.1, 0.15) is 16.8 Å². The fraction of sp³-hybridized carbons (Fsp3) is 0.222. The van der Waals surface area contributed by atoms with Crippen LogP contribution in [0.2, 0.25) is 0 Å². The number of para-hydroxylation sites is 1. The van der Waals surface area contributed by atoms with Gasteiger partial charge in [0.25, 0.3) is 5.91 Å². The molecule has 1 aliphatic heterocycles. The van der Waals surface area contributed by atoms with E-state index in [9.17, 15) is 9.59 Å². The van der Waals surface area contributed by atoms with Gasteiger partial charge in [0.15, 0.2) is 0 Å². The Balaban J connectivity index is 1.58. The van der Waals surface area contributed by atoms with Crippen LogP contribution in [0.5, 0.6) is 0 Å². The number of halogens is 1. The van der Waals surface area contributed by atoms with Gasteiger partial charge < -0.3 is 10.2 Å². The number of hydrogen-bond donors (Lipinski definition) is 1. The summed E-state index contributed by atoms with van der Waals surface area (Å²) in [7, 11) is 0. The average molecular weight is 373 g/mol. The van der Waals surface area contributed by atoms with Crippen molar-refractivity contribution >= 4 is 33.4 Å². The number of hydrogen-bond acceptors (Lipinski definition) is 2. The molecule has 1 atom stereocenters. The van der Waals surface area contributed by atoms with Crippen LogP contribution in [-0.2, 0) is 4.79 Å². The lowest BCUT2D eigenvalue weighted by molar-refractivity contribution is -0.117. The Morgan fingerprint density at radius 3 is 2.70 bits per heavy atom.